The van der Waals surface area contributed by atoms with Gasteiger partial charge in [0.15, 0.2) is 5.58 Å². The van der Waals surface area contributed by atoms with Crippen molar-refractivity contribution in [2.45, 2.75) is 36.6 Å². The molecule has 3 rings (SSSR count). The summed E-state index contributed by atoms with van der Waals surface area (Å²) >= 11 is 3.72. The van der Waals surface area contributed by atoms with Crippen molar-refractivity contribution in [3.63, 3.8) is 0 Å². The number of aromatic nitrogens is 1. The monoisotopic (exact) mass is 339 g/mol. The molecule has 4 nitrogen and oxygen atoms in total. The summed E-state index contributed by atoms with van der Waals surface area (Å²) in [6, 6.07) is 5.94. The van der Waals surface area contributed by atoms with E-state index in [0.717, 1.165) is 30.5 Å². The lowest BCUT2D eigenvalue weighted by Crippen LogP contribution is -2.08. The molecule has 1 aromatic carbocycles. The highest BCUT2D eigenvalue weighted by Gasteiger charge is 2.18. The highest BCUT2D eigenvalue weighted by Crippen LogP contribution is 2.32. The van der Waals surface area contributed by atoms with Crippen LogP contribution >= 0.6 is 15.9 Å². The van der Waals surface area contributed by atoms with Crippen LogP contribution in [0.25, 0.3) is 11.1 Å². The zero-order chi connectivity index (χ0) is 14.1. The molecule has 2 aromatic rings. The van der Waals surface area contributed by atoms with Crippen LogP contribution in [0.15, 0.2) is 27.4 Å². The van der Waals surface area contributed by atoms with E-state index in [9.17, 15) is 4.79 Å². The van der Waals surface area contributed by atoms with Gasteiger partial charge in [-0.15, -0.1) is 0 Å². The van der Waals surface area contributed by atoms with E-state index in [1.54, 1.807) is 7.05 Å². The summed E-state index contributed by atoms with van der Waals surface area (Å²) in [5.41, 5.74) is 2.62. The second-order valence-electron chi connectivity index (χ2n) is 5.33. The van der Waals surface area contributed by atoms with Crippen molar-refractivity contribution >= 4 is 27.0 Å². The fourth-order valence-corrected chi connectivity index (χ4v) is 3.27. The fourth-order valence-electron chi connectivity index (χ4n) is 2.72. The van der Waals surface area contributed by atoms with Crippen LogP contribution in [-0.4, -0.2) is 17.3 Å². The van der Waals surface area contributed by atoms with Crippen molar-refractivity contribution in [3.05, 3.63) is 34.3 Å². The number of alkyl halides is 1. The third-order valence-electron chi connectivity index (χ3n) is 3.94. The topological polar surface area (TPSA) is 44.4 Å². The number of oxazole rings is 1. The predicted octanol–water partition coefficient (Wildman–Crippen LogP) is 3.53. The minimum absolute atomic E-state index is 0.265. The molecule has 0 amide bonds. The second kappa shape index (κ2) is 5.74. The molecule has 0 spiro atoms. The predicted molar refractivity (Wildman–Crippen MR) is 81.3 cm³/mol. The van der Waals surface area contributed by atoms with Gasteiger partial charge in [-0.25, -0.2) is 4.79 Å². The molecular weight excluding hydrogens is 322 g/mol. The first-order chi connectivity index (χ1) is 9.65. The van der Waals surface area contributed by atoms with E-state index < -0.39 is 0 Å². The van der Waals surface area contributed by atoms with Crippen LogP contribution in [0.2, 0.25) is 0 Å². The smallest absolute Gasteiger partial charge is 0.408 e. The Labute approximate surface area is 125 Å². The van der Waals surface area contributed by atoms with Crippen LogP contribution in [0, 0.1) is 0 Å². The minimum atomic E-state index is -0.317. The highest BCUT2D eigenvalue weighted by molar-refractivity contribution is 9.09. The molecule has 108 valence electrons. The fraction of sp³-hybridized carbons (Fsp3) is 0.533. The molecule has 0 N–H and O–H groups in total. The molecule has 1 aliphatic heterocycles. The molecule has 0 aliphatic carbocycles. The summed E-state index contributed by atoms with van der Waals surface area (Å²) in [6.45, 7) is 0.902. The van der Waals surface area contributed by atoms with E-state index in [1.807, 2.05) is 18.2 Å². The maximum atomic E-state index is 11.5. The molecule has 2 heterocycles. The maximum Gasteiger partial charge on any atom is 0.419 e. The number of benzene rings is 1. The van der Waals surface area contributed by atoms with Gasteiger partial charge in [0.05, 0.1) is 11.6 Å². The molecule has 2 atom stereocenters. The van der Waals surface area contributed by atoms with Crippen LogP contribution < -0.4 is 5.76 Å². The Morgan fingerprint density at radius 3 is 3.10 bits per heavy atom. The van der Waals surface area contributed by atoms with Crippen LogP contribution in [0.3, 0.4) is 0 Å². The average molecular weight is 340 g/mol. The van der Waals surface area contributed by atoms with E-state index in [2.05, 4.69) is 15.9 Å². The Kier molecular flexibility index (Phi) is 3.98. The summed E-state index contributed by atoms with van der Waals surface area (Å²) in [6.07, 6.45) is 4.85. The zero-order valence-corrected chi connectivity index (χ0v) is 13.1. The van der Waals surface area contributed by atoms with E-state index >= 15 is 0 Å². The first kappa shape index (κ1) is 13.9. The van der Waals surface area contributed by atoms with Crippen LogP contribution in [0.1, 0.15) is 36.1 Å². The van der Waals surface area contributed by atoms with E-state index in [0.29, 0.717) is 11.7 Å². The molecule has 0 saturated carbocycles. The van der Waals surface area contributed by atoms with Crippen molar-refractivity contribution < 1.29 is 9.15 Å². The van der Waals surface area contributed by atoms with Gasteiger partial charge in [0.2, 0.25) is 0 Å². The summed E-state index contributed by atoms with van der Waals surface area (Å²) in [4.78, 5) is 11.8. The number of ether oxygens (including phenoxy) is 1. The Morgan fingerprint density at radius 1 is 1.50 bits per heavy atom. The minimum Gasteiger partial charge on any atom is -0.408 e. The Balaban J connectivity index is 1.73. The first-order valence-electron chi connectivity index (χ1n) is 7.00. The molecular formula is C15H18BrNO3. The molecule has 2 unspecified atom stereocenters. The standard InChI is InChI=1S/C15H18BrNO3/c1-17-13-7-4-10(9-14(13)20-15(17)18)12(16)6-5-11-3-2-8-19-11/h4,7,9,11-12H,2-3,5-6,8H2,1H3. The maximum absolute atomic E-state index is 11.5. The number of hydrogen-bond donors (Lipinski definition) is 0. The van der Waals surface area contributed by atoms with Gasteiger partial charge in [-0.3, -0.25) is 4.57 Å². The number of hydrogen-bond acceptors (Lipinski definition) is 3. The summed E-state index contributed by atoms with van der Waals surface area (Å²) < 4.78 is 12.4. The normalized spacial score (nSPS) is 20.6. The van der Waals surface area contributed by atoms with Crippen molar-refractivity contribution in [2.24, 2.45) is 7.05 Å². The molecule has 5 heteroatoms. The number of fused-ring (bicyclic) bond motifs is 1. The summed E-state index contributed by atoms with van der Waals surface area (Å²) in [7, 11) is 1.72. The SMILES string of the molecule is Cn1c(=O)oc2cc(C(Br)CCC3CCCO3)ccc21. The summed E-state index contributed by atoms with van der Waals surface area (Å²) in [5.74, 6) is -0.317. The van der Waals surface area contributed by atoms with E-state index in [1.165, 1.54) is 17.4 Å². The van der Waals surface area contributed by atoms with Gasteiger partial charge in [-0.1, -0.05) is 22.0 Å². The summed E-state index contributed by atoms with van der Waals surface area (Å²) in [5, 5.41) is 0. The van der Waals surface area contributed by atoms with Gasteiger partial charge in [0.1, 0.15) is 0 Å². The third-order valence-corrected chi connectivity index (χ3v) is 4.93. The Morgan fingerprint density at radius 2 is 2.35 bits per heavy atom. The average Bonchev–Trinajstić information content (AvgIpc) is 3.05. The van der Waals surface area contributed by atoms with Crippen molar-refractivity contribution in [1.82, 2.24) is 4.57 Å². The Bertz CT molecular complexity index is 655. The third kappa shape index (κ3) is 2.69. The molecule has 20 heavy (non-hydrogen) atoms. The molecule has 1 aliphatic rings. The quantitative estimate of drug-likeness (QED) is 0.800. The molecule has 1 fully saturated rings. The lowest BCUT2D eigenvalue weighted by Gasteiger charge is -2.13. The largest absolute Gasteiger partial charge is 0.419 e. The number of nitrogens with zero attached hydrogens (tertiary/aromatic N) is 1. The number of halogens is 1. The van der Waals surface area contributed by atoms with Gasteiger partial charge >= 0.3 is 5.76 Å². The van der Waals surface area contributed by atoms with Crippen LogP contribution in [0.4, 0.5) is 0 Å². The van der Waals surface area contributed by atoms with Gasteiger partial charge in [0.25, 0.3) is 0 Å². The first-order valence-corrected chi connectivity index (χ1v) is 7.92. The van der Waals surface area contributed by atoms with Crippen molar-refractivity contribution in [3.8, 4) is 0 Å². The zero-order valence-electron chi connectivity index (χ0n) is 11.5. The number of aryl methyl sites for hydroxylation is 1. The highest BCUT2D eigenvalue weighted by atomic mass is 79.9. The van der Waals surface area contributed by atoms with Crippen LogP contribution in [0.5, 0.6) is 0 Å². The van der Waals surface area contributed by atoms with Crippen molar-refractivity contribution in [2.75, 3.05) is 6.61 Å². The molecule has 1 aromatic heterocycles. The lowest BCUT2D eigenvalue weighted by molar-refractivity contribution is 0.102. The van der Waals surface area contributed by atoms with E-state index in [-0.39, 0.29) is 10.6 Å². The molecule has 1 saturated heterocycles. The molecule has 0 radical (unpaired) electrons. The van der Waals surface area contributed by atoms with Crippen molar-refractivity contribution in [1.29, 1.82) is 0 Å². The van der Waals surface area contributed by atoms with Gasteiger partial charge in [0, 0.05) is 18.5 Å². The van der Waals surface area contributed by atoms with E-state index in [4.69, 9.17) is 9.15 Å². The van der Waals surface area contributed by atoms with Gasteiger partial charge in [-0.2, -0.15) is 0 Å². The lowest BCUT2D eigenvalue weighted by atomic mass is 10.0. The molecule has 0 bridgehead atoms. The van der Waals surface area contributed by atoms with Gasteiger partial charge in [-0.05, 0) is 43.4 Å². The second-order valence-corrected chi connectivity index (χ2v) is 6.44. The Hall–Kier alpha value is -1.07. The number of rotatable bonds is 4. The van der Waals surface area contributed by atoms with Gasteiger partial charge < -0.3 is 9.15 Å². The van der Waals surface area contributed by atoms with Crippen LogP contribution in [-0.2, 0) is 11.8 Å².